The lowest BCUT2D eigenvalue weighted by molar-refractivity contribution is -0.145. The summed E-state index contributed by atoms with van der Waals surface area (Å²) in [6.45, 7) is 2.48. The first kappa shape index (κ1) is 17.7. The fraction of sp³-hybridized carbons (Fsp3) is 0.846. The van der Waals surface area contributed by atoms with Gasteiger partial charge < -0.3 is 0 Å². The van der Waals surface area contributed by atoms with Crippen molar-refractivity contribution >= 4 is 35.0 Å². The van der Waals surface area contributed by atoms with Crippen LogP contribution in [-0.4, -0.2) is 35.0 Å². The fourth-order valence-corrected chi connectivity index (χ4v) is 2.00. The van der Waals surface area contributed by atoms with Gasteiger partial charge in [0.2, 0.25) is 11.8 Å². The quantitative estimate of drug-likeness (QED) is 0.456. The monoisotopic (exact) mass is 295 g/mol. The van der Waals surface area contributed by atoms with Crippen molar-refractivity contribution in [3.63, 3.8) is 0 Å². The molecule has 0 aliphatic carbocycles. The summed E-state index contributed by atoms with van der Waals surface area (Å²) < 4.78 is 0. The molecule has 0 radical (unpaired) electrons. The van der Waals surface area contributed by atoms with Gasteiger partial charge in [0.15, 0.2) is 0 Å². The van der Waals surface area contributed by atoms with Crippen LogP contribution in [-0.2, 0) is 9.59 Å². The van der Waals surface area contributed by atoms with Crippen molar-refractivity contribution in [1.29, 1.82) is 0 Å². The summed E-state index contributed by atoms with van der Waals surface area (Å²) in [6.07, 6.45) is 4.74. The van der Waals surface area contributed by atoms with Crippen LogP contribution in [0.4, 0.5) is 0 Å². The molecule has 106 valence electrons. The van der Waals surface area contributed by atoms with Gasteiger partial charge in [0, 0.05) is 31.1 Å². The molecule has 0 rings (SSSR count). The van der Waals surface area contributed by atoms with E-state index in [0.29, 0.717) is 31.1 Å². The maximum Gasteiger partial charge on any atom is 0.229 e. The second kappa shape index (κ2) is 11.8. The highest BCUT2D eigenvalue weighted by molar-refractivity contribution is 6.18. The molecular weight excluding hydrogens is 273 g/mol. The smallest absolute Gasteiger partial charge is 0.229 e. The normalized spacial score (nSPS) is 10.4. The standard InChI is InChI=1S/C13H23Cl2NO2/c1-2-11-16(12(17)7-3-5-9-14)13(18)8-4-6-10-15/h2-11H2,1H3. The van der Waals surface area contributed by atoms with E-state index in [1.54, 1.807) is 0 Å². The topological polar surface area (TPSA) is 37.4 Å². The number of unbranched alkanes of at least 4 members (excludes halogenated alkanes) is 2. The third-order valence-electron chi connectivity index (χ3n) is 2.60. The molecule has 2 amide bonds. The second-order valence-electron chi connectivity index (χ2n) is 4.23. The van der Waals surface area contributed by atoms with Crippen LogP contribution >= 0.6 is 23.2 Å². The van der Waals surface area contributed by atoms with Crippen molar-refractivity contribution in [3.8, 4) is 0 Å². The highest BCUT2D eigenvalue weighted by atomic mass is 35.5. The molecule has 0 aromatic carbocycles. The summed E-state index contributed by atoms with van der Waals surface area (Å²) in [5, 5.41) is 0. The zero-order valence-electron chi connectivity index (χ0n) is 11.1. The molecule has 0 aliphatic heterocycles. The molecule has 0 spiro atoms. The Hall–Kier alpha value is -0.280. The lowest BCUT2D eigenvalue weighted by atomic mass is 10.2. The Kier molecular flexibility index (Phi) is 11.6. The number of hydrogen-bond donors (Lipinski definition) is 0. The maximum atomic E-state index is 11.9. The Morgan fingerprint density at radius 2 is 1.33 bits per heavy atom. The molecule has 18 heavy (non-hydrogen) atoms. The molecule has 0 unspecified atom stereocenters. The molecule has 0 bridgehead atoms. The SMILES string of the molecule is CCCN(C(=O)CCCCCl)C(=O)CCCCCl. The molecule has 0 aromatic rings. The molecular formula is C13H23Cl2NO2. The summed E-state index contributed by atoms with van der Waals surface area (Å²) in [7, 11) is 0. The highest BCUT2D eigenvalue weighted by Gasteiger charge is 2.19. The average Bonchev–Trinajstić information content (AvgIpc) is 2.36. The summed E-state index contributed by atoms with van der Waals surface area (Å²) >= 11 is 11.1. The number of rotatable bonds is 10. The van der Waals surface area contributed by atoms with Crippen LogP contribution in [0.1, 0.15) is 51.9 Å². The highest BCUT2D eigenvalue weighted by Crippen LogP contribution is 2.08. The van der Waals surface area contributed by atoms with Gasteiger partial charge in [0.25, 0.3) is 0 Å². The number of nitrogens with zero attached hydrogens (tertiary/aromatic N) is 1. The van der Waals surface area contributed by atoms with Gasteiger partial charge in [-0.3, -0.25) is 14.5 Å². The van der Waals surface area contributed by atoms with Crippen molar-refractivity contribution in [2.75, 3.05) is 18.3 Å². The number of hydrogen-bond acceptors (Lipinski definition) is 2. The fourth-order valence-electron chi connectivity index (χ4n) is 1.62. The molecule has 0 saturated heterocycles. The molecule has 0 aliphatic rings. The van der Waals surface area contributed by atoms with E-state index >= 15 is 0 Å². The van der Waals surface area contributed by atoms with E-state index in [0.717, 1.165) is 32.1 Å². The average molecular weight is 296 g/mol. The first-order chi connectivity index (χ1) is 8.67. The largest absolute Gasteiger partial charge is 0.283 e. The van der Waals surface area contributed by atoms with E-state index in [2.05, 4.69) is 0 Å². The van der Waals surface area contributed by atoms with Crippen LogP contribution in [0.25, 0.3) is 0 Å². The Morgan fingerprint density at radius 3 is 1.67 bits per heavy atom. The van der Waals surface area contributed by atoms with Crippen molar-refractivity contribution in [3.05, 3.63) is 0 Å². The van der Waals surface area contributed by atoms with Gasteiger partial charge in [-0.05, 0) is 32.1 Å². The number of carbonyl (C=O) groups is 2. The molecule has 0 aromatic heterocycles. The van der Waals surface area contributed by atoms with E-state index in [4.69, 9.17) is 23.2 Å². The molecule has 3 nitrogen and oxygen atoms in total. The van der Waals surface area contributed by atoms with Crippen LogP contribution in [0.3, 0.4) is 0 Å². The minimum Gasteiger partial charge on any atom is -0.283 e. The third kappa shape index (κ3) is 7.93. The minimum absolute atomic E-state index is 0.0714. The second-order valence-corrected chi connectivity index (χ2v) is 4.99. The summed E-state index contributed by atoms with van der Waals surface area (Å²) in [5.41, 5.74) is 0. The number of alkyl halides is 2. The summed E-state index contributed by atoms with van der Waals surface area (Å²) in [6, 6.07) is 0. The van der Waals surface area contributed by atoms with E-state index in [9.17, 15) is 9.59 Å². The first-order valence-electron chi connectivity index (χ1n) is 6.62. The minimum atomic E-state index is -0.0714. The van der Waals surface area contributed by atoms with Crippen molar-refractivity contribution in [2.24, 2.45) is 0 Å². The predicted octanol–water partition coefficient (Wildman–Crippen LogP) is 3.57. The van der Waals surface area contributed by atoms with Gasteiger partial charge in [0.1, 0.15) is 0 Å². The van der Waals surface area contributed by atoms with Gasteiger partial charge in [-0.25, -0.2) is 0 Å². The third-order valence-corrected chi connectivity index (χ3v) is 3.13. The first-order valence-corrected chi connectivity index (χ1v) is 7.69. The van der Waals surface area contributed by atoms with Crippen LogP contribution in [0, 0.1) is 0 Å². The Morgan fingerprint density at radius 1 is 0.889 bits per heavy atom. The van der Waals surface area contributed by atoms with E-state index in [-0.39, 0.29) is 11.8 Å². The zero-order chi connectivity index (χ0) is 13.8. The Balaban J connectivity index is 4.16. The van der Waals surface area contributed by atoms with Crippen LogP contribution in [0.15, 0.2) is 0 Å². The molecule has 5 heteroatoms. The van der Waals surface area contributed by atoms with Crippen LogP contribution in [0.5, 0.6) is 0 Å². The van der Waals surface area contributed by atoms with Crippen molar-refractivity contribution in [1.82, 2.24) is 4.90 Å². The lowest BCUT2D eigenvalue weighted by Crippen LogP contribution is -2.37. The predicted molar refractivity (Wildman–Crippen MR) is 76.2 cm³/mol. The van der Waals surface area contributed by atoms with Gasteiger partial charge >= 0.3 is 0 Å². The summed E-state index contributed by atoms with van der Waals surface area (Å²) in [4.78, 5) is 25.2. The van der Waals surface area contributed by atoms with Crippen LogP contribution < -0.4 is 0 Å². The number of carbonyl (C=O) groups excluding carboxylic acids is 2. The maximum absolute atomic E-state index is 11.9. The van der Waals surface area contributed by atoms with Gasteiger partial charge in [-0.15, -0.1) is 23.2 Å². The Bertz CT molecular complexity index is 225. The number of amides is 2. The summed E-state index contributed by atoms with van der Waals surface area (Å²) in [5.74, 6) is 0.978. The van der Waals surface area contributed by atoms with E-state index in [1.165, 1.54) is 4.90 Å². The van der Waals surface area contributed by atoms with Crippen LogP contribution in [0.2, 0.25) is 0 Å². The van der Waals surface area contributed by atoms with Gasteiger partial charge in [0.05, 0.1) is 0 Å². The van der Waals surface area contributed by atoms with Gasteiger partial charge in [-0.1, -0.05) is 6.92 Å². The molecule has 0 atom stereocenters. The van der Waals surface area contributed by atoms with Crippen molar-refractivity contribution in [2.45, 2.75) is 51.9 Å². The number of halogens is 2. The lowest BCUT2D eigenvalue weighted by Gasteiger charge is -2.20. The Labute approximate surface area is 120 Å². The zero-order valence-corrected chi connectivity index (χ0v) is 12.6. The van der Waals surface area contributed by atoms with E-state index in [1.807, 2.05) is 6.92 Å². The molecule has 0 saturated carbocycles. The number of imide groups is 1. The van der Waals surface area contributed by atoms with Crippen molar-refractivity contribution < 1.29 is 9.59 Å². The van der Waals surface area contributed by atoms with E-state index < -0.39 is 0 Å². The molecule has 0 heterocycles. The molecule has 0 fully saturated rings. The molecule has 0 N–H and O–H groups in total. The van der Waals surface area contributed by atoms with Gasteiger partial charge in [-0.2, -0.15) is 0 Å².